The summed E-state index contributed by atoms with van der Waals surface area (Å²) in [5, 5.41) is 21.6. The minimum atomic E-state index is -0.321. The van der Waals surface area contributed by atoms with Crippen molar-refractivity contribution in [3.8, 4) is 0 Å². The molecule has 0 saturated heterocycles. The maximum Gasteiger partial charge on any atom is 0.0757 e. The number of aliphatic hydroxyl groups is 2. The highest BCUT2D eigenvalue weighted by atomic mass is 16.3. The molecule has 0 aromatic carbocycles. The van der Waals surface area contributed by atoms with Crippen molar-refractivity contribution in [2.45, 2.75) is 105 Å². The Kier molecular flexibility index (Phi) is 6.56. The number of aliphatic hydroxyl groups excluding tert-OH is 2. The first kappa shape index (κ1) is 23.6. The molecule has 2 nitrogen and oxygen atoms in total. The molecule has 0 spiro atoms. The average molecular weight is 429 g/mol. The number of allylic oxidation sites excluding steroid dienone is 2. The zero-order valence-corrected chi connectivity index (χ0v) is 21.0. The van der Waals surface area contributed by atoms with Crippen molar-refractivity contribution in [3.63, 3.8) is 0 Å². The molecule has 10 atom stereocenters. The van der Waals surface area contributed by atoms with Crippen LogP contribution >= 0.6 is 0 Å². The summed E-state index contributed by atoms with van der Waals surface area (Å²) in [7, 11) is 0. The molecule has 2 heteroatoms. The molecule has 4 aliphatic carbocycles. The van der Waals surface area contributed by atoms with Gasteiger partial charge in [-0.3, -0.25) is 0 Å². The molecule has 0 bridgehead atoms. The van der Waals surface area contributed by atoms with Gasteiger partial charge < -0.3 is 10.2 Å². The van der Waals surface area contributed by atoms with Crippen molar-refractivity contribution >= 4 is 0 Å². The summed E-state index contributed by atoms with van der Waals surface area (Å²) >= 11 is 0. The standard InChI is InChI=1S/C29H48O2/c1-7-20(18(2)3)9-8-19(4)23-10-11-24-27-25(13-15-29(23,24)6)28(5)14-12-22(30)16-21(28)17-26(27)31/h8-9,17-20,22-27,30-31H,7,10-16H2,1-6H3/b9-8+/t19-,20-,22+,23-,24+,25+,26-,27+,28+,29-/m1/s1. The fourth-order valence-corrected chi connectivity index (χ4v) is 8.82. The molecule has 0 aliphatic heterocycles. The van der Waals surface area contributed by atoms with Crippen LogP contribution in [0.1, 0.15) is 92.9 Å². The number of hydrogen-bond donors (Lipinski definition) is 2. The number of hydrogen-bond acceptors (Lipinski definition) is 2. The van der Waals surface area contributed by atoms with Gasteiger partial charge in [0, 0.05) is 0 Å². The first-order chi connectivity index (χ1) is 14.6. The molecule has 0 aromatic heterocycles. The maximum atomic E-state index is 11.3. The molecule has 0 heterocycles. The molecule has 0 amide bonds. The van der Waals surface area contributed by atoms with Gasteiger partial charge in [-0.05, 0) is 104 Å². The van der Waals surface area contributed by atoms with Gasteiger partial charge in [0.2, 0.25) is 0 Å². The lowest BCUT2D eigenvalue weighted by atomic mass is 9.46. The molecule has 176 valence electrons. The van der Waals surface area contributed by atoms with Crippen LogP contribution in [0.4, 0.5) is 0 Å². The monoisotopic (exact) mass is 428 g/mol. The normalized spacial score (nSPS) is 46.9. The van der Waals surface area contributed by atoms with Gasteiger partial charge in [0.25, 0.3) is 0 Å². The summed E-state index contributed by atoms with van der Waals surface area (Å²) in [6.45, 7) is 14.5. The van der Waals surface area contributed by atoms with Gasteiger partial charge in [-0.2, -0.15) is 0 Å². The summed E-state index contributed by atoms with van der Waals surface area (Å²) in [5.74, 6) is 4.38. The predicted octanol–water partition coefficient (Wildman–Crippen LogP) is 6.77. The second-order valence-corrected chi connectivity index (χ2v) is 12.6. The van der Waals surface area contributed by atoms with Crippen molar-refractivity contribution in [1.29, 1.82) is 0 Å². The van der Waals surface area contributed by atoms with E-state index in [2.05, 4.69) is 59.8 Å². The lowest BCUT2D eigenvalue weighted by Gasteiger charge is -2.59. The first-order valence-electron chi connectivity index (χ1n) is 13.4. The highest BCUT2D eigenvalue weighted by Crippen LogP contribution is 2.67. The zero-order valence-electron chi connectivity index (χ0n) is 21.0. The first-order valence-corrected chi connectivity index (χ1v) is 13.4. The lowest BCUT2D eigenvalue weighted by molar-refractivity contribution is -0.0950. The Morgan fingerprint density at radius 3 is 2.42 bits per heavy atom. The Morgan fingerprint density at radius 2 is 1.74 bits per heavy atom. The second kappa shape index (κ2) is 8.64. The minimum absolute atomic E-state index is 0.194. The molecular formula is C29H48O2. The molecule has 0 radical (unpaired) electrons. The van der Waals surface area contributed by atoms with Crippen molar-refractivity contribution in [1.82, 2.24) is 0 Å². The van der Waals surface area contributed by atoms with E-state index in [0.717, 1.165) is 25.2 Å². The summed E-state index contributed by atoms with van der Waals surface area (Å²) in [5.41, 5.74) is 1.90. The minimum Gasteiger partial charge on any atom is -0.393 e. The predicted molar refractivity (Wildman–Crippen MR) is 130 cm³/mol. The maximum absolute atomic E-state index is 11.3. The van der Waals surface area contributed by atoms with Crippen LogP contribution in [0.25, 0.3) is 0 Å². The van der Waals surface area contributed by atoms with E-state index < -0.39 is 0 Å². The van der Waals surface area contributed by atoms with Crippen molar-refractivity contribution < 1.29 is 10.2 Å². The van der Waals surface area contributed by atoms with E-state index in [9.17, 15) is 10.2 Å². The van der Waals surface area contributed by atoms with Gasteiger partial charge >= 0.3 is 0 Å². The SMILES string of the molecule is CC[C@H](/C=C/[C@@H](C)[C@H]1CC[C@H]2[C@@H]3[C@H](O)C=C4C[C@@H](O)CC[C@]4(C)[C@H]3CC[C@]12C)C(C)C. The van der Waals surface area contributed by atoms with E-state index in [1.165, 1.54) is 37.7 Å². The Bertz CT molecular complexity index is 708. The van der Waals surface area contributed by atoms with Crippen LogP contribution in [0.3, 0.4) is 0 Å². The number of fused-ring (bicyclic) bond motifs is 5. The summed E-state index contributed by atoms with van der Waals surface area (Å²) < 4.78 is 0. The molecule has 31 heavy (non-hydrogen) atoms. The third-order valence-corrected chi connectivity index (χ3v) is 10.8. The molecule has 4 rings (SSSR count). The highest BCUT2D eigenvalue weighted by molar-refractivity contribution is 5.28. The molecular weight excluding hydrogens is 380 g/mol. The summed E-state index contributed by atoms with van der Waals surface area (Å²) in [6.07, 6.45) is 15.9. The Morgan fingerprint density at radius 1 is 1.00 bits per heavy atom. The molecule has 3 saturated carbocycles. The van der Waals surface area contributed by atoms with Crippen LogP contribution < -0.4 is 0 Å². The van der Waals surface area contributed by atoms with Crippen LogP contribution in [-0.2, 0) is 0 Å². The van der Waals surface area contributed by atoms with E-state index >= 15 is 0 Å². The third kappa shape index (κ3) is 3.88. The Labute approximate surface area is 191 Å². The van der Waals surface area contributed by atoms with Crippen molar-refractivity contribution in [3.05, 3.63) is 23.8 Å². The molecule has 3 fully saturated rings. The van der Waals surface area contributed by atoms with Crippen LogP contribution in [0, 0.1) is 52.3 Å². The molecule has 2 N–H and O–H groups in total. The van der Waals surface area contributed by atoms with Crippen LogP contribution in [0.15, 0.2) is 23.8 Å². The van der Waals surface area contributed by atoms with E-state index in [0.29, 0.717) is 40.9 Å². The van der Waals surface area contributed by atoms with Gasteiger partial charge in [-0.15, -0.1) is 0 Å². The van der Waals surface area contributed by atoms with Gasteiger partial charge in [-0.1, -0.05) is 65.3 Å². The third-order valence-electron chi connectivity index (χ3n) is 10.8. The zero-order chi connectivity index (χ0) is 22.6. The van der Waals surface area contributed by atoms with Crippen molar-refractivity contribution in [2.24, 2.45) is 52.3 Å². The van der Waals surface area contributed by atoms with E-state index in [1.807, 2.05) is 0 Å². The van der Waals surface area contributed by atoms with Gasteiger partial charge in [-0.25, -0.2) is 0 Å². The van der Waals surface area contributed by atoms with Gasteiger partial charge in [0.15, 0.2) is 0 Å². The van der Waals surface area contributed by atoms with E-state index in [-0.39, 0.29) is 17.6 Å². The van der Waals surface area contributed by atoms with E-state index in [4.69, 9.17) is 0 Å². The Balaban J connectivity index is 1.56. The topological polar surface area (TPSA) is 40.5 Å². The Hall–Kier alpha value is -0.600. The molecule has 4 aliphatic rings. The van der Waals surface area contributed by atoms with Crippen LogP contribution in [-0.4, -0.2) is 22.4 Å². The van der Waals surface area contributed by atoms with E-state index in [1.54, 1.807) is 0 Å². The van der Waals surface area contributed by atoms with Crippen LogP contribution in [0.5, 0.6) is 0 Å². The summed E-state index contributed by atoms with van der Waals surface area (Å²) in [6, 6.07) is 0. The van der Waals surface area contributed by atoms with Crippen molar-refractivity contribution in [2.75, 3.05) is 0 Å². The quantitative estimate of drug-likeness (QED) is 0.474. The fourth-order valence-electron chi connectivity index (χ4n) is 8.82. The average Bonchev–Trinajstić information content (AvgIpc) is 3.06. The number of rotatable bonds is 5. The second-order valence-electron chi connectivity index (χ2n) is 12.6. The fraction of sp³-hybridized carbons (Fsp3) is 0.862. The smallest absolute Gasteiger partial charge is 0.0757 e. The molecule has 0 aromatic rings. The molecule has 0 unspecified atom stereocenters. The van der Waals surface area contributed by atoms with Gasteiger partial charge in [0.1, 0.15) is 0 Å². The lowest BCUT2D eigenvalue weighted by Crippen LogP contribution is -2.54. The van der Waals surface area contributed by atoms with Gasteiger partial charge in [0.05, 0.1) is 12.2 Å². The van der Waals surface area contributed by atoms with Crippen LogP contribution in [0.2, 0.25) is 0 Å². The summed E-state index contributed by atoms with van der Waals surface area (Å²) in [4.78, 5) is 0. The highest BCUT2D eigenvalue weighted by Gasteiger charge is 2.61. The largest absolute Gasteiger partial charge is 0.393 e.